The Bertz CT molecular complexity index is 380. The van der Waals surface area contributed by atoms with Crippen LogP contribution in [0.5, 0.6) is 0 Å². The normalized spacial score (nSPS) is 11.1. The molecule has 0 saturated heterocycles. The molecule has 0 aliphatic rings. The van der Waals surface area contributed by atoms with Crippen LogP contribution in [0.25, 0.3) is 0 Å². The zero-order valence-corrected chi connectivity index (χ0v) is 17.6. The summed E-state index contributed by atoms with van der Waals surface area (Å²) in [7, 11) is 0. The summed E-state index contributed by atoms with van der Waals surface area (Å²) in [5.74, 6) is 2.51. The molecule has 0 N–H and O–H groups in total. The van der Waals surface area contributed by atoms with E-state index >= 15 is 0 Å². The highest BCUT2D eigenvalue weighted by Crippen LogP contribution is 2.29. The van der Waals surface area contributed by atoms with Gasteiger partial charge in [0.25, 0.3) is 0 Å². The zero-order valence-electron chi connectivity index (χ0n) is 15.9. The van der Waals surface area contributed by atoms with Crippen LogP contribution in [0.1, 0.15) is 83.6 Å². The van der Waals surface area contributed by atoms with Crippen LogP contribution in [0.2, 0.25) is 0 Å². The SMILES string of the molecule is [CH2]Cc1cc(SCCCCCCC)cc(SCCCCCCC)c1. The van der Waals surface area contributed by atoms with E-state index in [0.29, 0.717) is 0 Å². The minimum absolute atomic E-state index is 0.898. The van der Waals surface area contributed by atoms with Gasteiger partial charge in [-0.1, -0.05) is 65.2 Å². The van der Waals surface area contributed by atoms with Crippen molar-refractivity contribution in [2.75, 3.05) is 11.5 Å². The standard InChI is InChI=1S/C22H37S2/c1-4-7-9-11-13-15-23-21-17-20(6-3)18-22(19-21)24-16-14-12-10-8-5-2/h17-19H,3-16H2,1-2H3. The van der Waals surface area contributed by atoms with Crippen molar-refractivity contribution in [1.82, 2.24) is 0 Å². The summed E-state index contributed by atoms with van der Waals surface area (Å²) >= 11 is 4.06. The topological polar surface area (TPSA) is 0 Å². The highest BCUT2D eigenvalue weighted by Gasteiger charge is 2.02. The molecule has 0 bridgehead atoms. The molecule has 0 heterocycles. The van der Waals surface area contributed by atoms with Gasteiger partial charge in [0.15, 0.2) is 0 Å². The third-order valence-corrected chi connectivity index (χ3v) is 6.39. The second kappa shape index (κ2) is 15.2. The molecule has 24 heavy (non-hydrogen) atoms. The van der Waals surface area contributed by atoms with Crippen molar-refractivity contribution in [1.29, 1.82) is 0 Å². The minimum atomic E-state index is 0.898. The predicted molar refractivity (Wildman–Crippen MR) is 114 cm³/mol. The Morgan fingerprint density at radius 3 is 1.54 bits per heavy atom. The first-order valence-electron chi connectivity index (χ1n) is 9.99. The number of rotatable bonds is 15. The van der Waals surface area contributed by atoms with Gasteiger partial charge in [-0.05, 0) is 61.5 Å². The first kappa shape index (κ1) is 22.0. The Morgan fingerprint density at radius 2 is 1.12 bits per heavy atom. The van der Waals surface area contributed by atoms with Gasteiger partial charge in [0.1, 0.15) is 0 Å². The molecule has 0 amide bonds. The lowest BCUT2D eigenvalue weighted by Gasteiger charge is -2.09. The van der Waals surface area contributed by atoms with Gasteiger partial charge >= 0.3 is 0 Å². The number of hydrogen-bond acceptors (Lipinski definition) is 2. The predicted octanol–water partition coefficient (Wildman–Crippen LogP) is 8.19. The average molecular weight is 366 g/mol. The van der Waals surface area contributed by atoms with Crippen LogP contribution in [0, 0.1) is 6.92 Å². The average Bonchev–Trinajstić information content (AvgIpc) is 2.61. The van der Waals surface area contributed by atoms with E-state index in [0.717, 1.165) is 6.42 Å². The maximum atomic E-state index is 4.08. The molecule has 1 aromatic rings. The molecule has 1 aromatic carbocycles. The smallest absolute Gasteiger partial charge is 0.00858 e. The van der Waals surface area contributed by atoms with Crippen LogP contribution >= 0.6 is 23.5 Å². The Balaban J connectivity index is 2.34. The third kappa shape index (κ3) is 10.7. The van der Waals surface area contributed by atoms with E-state index in [2.05, 4.69) is 39.0 Å². The van der Waals surface area contributed by atoms with Crippen molar-refractivity contribution >= 4 is 23.5 Å². The van der Waals surface area contributed by atoms with Crippen LogP contribution in [0.3, 0.4) is 0 Å². The molecular formula is C22H37S2. The molecule has 0 aromatic heterocycles. The second-order valence-corrected chi connectivity index (χ2v) is 8.92. The summed E-state index contributed by atoms with van der Waals surface area (Å²) in [6.45, 7) is 8.64. The quantitative estimate of drug-likeness (QED) is 0.227. The van der Waals surface area contributed by atoms with Gasteiger partial charge in [-0.3, -0.25) is 0 Å². The summed E-state index contributed by atoms with van der Waals surface area (Å²) in [6, 6.07) is 7.08. The van der Waals surface area contributed by atoms with Gasteiger partial charge in [0.05, 0.1) is 0 Å². The van der Waals surface area contributed by atoms with Crippen molar-refractivity contribution in [2.24, 2.45) is 0 Å². The summed E-state index contributed by atoms with van der Waals surface area (Å²) in [5, 5.41) is 0. The molecule has 0 unspecified atom stereocenters. The van der Waals surface area contributed by atoms with E-state index in [9.17, 15) is 0 Å². The summed E-state index contributed by atoms with van der Waals surface area (Å²) < 4.78 is 0. The fourth-order valence-corrected chi connectivity index (χ4v) is 4.87. The zero-order chi connectivity index (χ0) is 17.5. The number of thioether (sulfide) groups is 2. The van der Waals surface area contributed by atoms with E-state index in [1.54, 1.807) is 0 Å². The Kier molecular flexibility index (Phi) is 13.9. The molecule has 1 rings (SSSR count). The molecule has 0 spiro atoms. The van der Waals surface area contributed by atoms with Gasteiger partial charge in [-0.2, -0.15) is 0 Å². The molecule has 0 saturated carbocycles. The third-order valence-electron chi connectivity index (χ3n) is 4.26. The Hall–Kier alpha value is -0.0800. The van der Waals surface area contributed by atoms with E-state index in [4.69, 9.17) is 0 Å². The lowest BCUT2D eigenvalue weighted by molar-refractivity contribution is 0.659. The molecule has 1 radical (unpaired) electrons. The van der Waals surface area contributed by atoms with Crippen LogP contribution in [0.15, 0.2) is 28.0 Å². The summed E-state index contributed by atoms with van der Waals surface area (Å²) in [6.07, 6.45) is 14.6. The van der Waals surface area contributed by atoms with Crippen LogP contribution in [0.4, 0.5) is 0 Å². The molecule has 0 atom stereocenters. The molecule has 0 aliphatic heterocycles. The van der Waals surface area contributed by atoms with Gasteiger partial charge in [-0.25, -0.2) is 0 Å². The van der Waals surface area contributed by atoms with Gasteiger partial charge < -0.3 is 0 Å². The van der Waals surface area contributed by atoms with Crippen molar-refractivity contribution in [3.8, 4) is 0 Å². The first-order valence-corrected chi connectivity index (χ1v) is 12.0. The lowest BCUT2D eigenvalue weighted by atomic mass is 10.2. The monoisotopic (exact) mass is 365 g/mol. The van der Waals surface area contributed by atoms with E-state index in [1.807, 2.05) is 23.5 Å². The van der Waals surface area contributed by atoms with Gasteiger partial charge in [-0.15, -0.1) is 23.5 Å². The van der Waals surface area contributed by atoms with Crippen molar-refractivity contribution in [3.63, 3.8) is 0 Å². The summed E-state index contributed by atoms with van der Waals surface area (Å²) in [5.41, 5.74) is 1.39. The number of hydrogen-bond donors (Lipinski definition) is 0. The molecule has 137 valence electrons. The van der Waals surface area contributed by atoms with Gasteiger partial charge in [0.2, 0.25) is 0 Å². The van der Waals surface area contributed by atoms with Crippen molar-refractivity contribution < 1.29 is 0 Å². The van der Waals surface area contributed by atoms with E-state index < -0.39 is 0 Å². The minimum Gasteiger partial charge on any atom is -0.126 e. The lowest BCUT2D eigenvalue weighted by Crippen LogP contribution is -1.88. The maximum absolute atomic E-state index is 4.08. The van der Waals surface area contributed by atoms with Crippen molar-refractivity contribution in [3.05, 3.63) is 30.7 Å². The number of unbranched alkanes of at least 4 members (excludes halogenated alkanes) is 8. The van der Waals surface area contributed by atoms with Gasteiger partial charge in [0, 0.05) is 9.79 Å². The molecule has 0 aliphatic carbocycles. The van der Waals surface area contributed by atoms with E-state index in [-0.39, 0.29) is 0 Å². The fourth-order valence-electron chi connectivity index (χ4n) is 2.73. The molecule has 0 nitrogen and oxygen atoms in total. The van der Waals surface area contributed by atoms with Crippen LogP contribution in [-0.4, -0.2) is 11.5 Å². The highest BCUT2D eigenvalue weighted by atomic mass is 32.2. The Labute approximate surface area is 160 Å². The van der Waals surface area contributed by atoms with Crippen LogP contribution < -0.4 is 0 Å². The van der Waals surface area contributed by atoms with Crippen LogP contribution in [-0.2, 0) is 6.42 Å². The maximum Gasteiger partial charge on any atom is 0.00858 e. The van der Waals surface area contributed by atoms with E-state index in [1.165, 1.54) is 91.1 Å². The highest BCUT2D eigenvalue weighted by molar-refractivity contribution is 8.00. The molecule has 0 fully saturated rings. The van der Waals surface area contributed by atoms with Crippen molar-refractivity contribution in [2.45, 2.75) is 94.3 Å². The molecule has 2 heteroatoms. The first-order chi connectivity index (χ1) is 11.8. The summed E-state index contributed by atoms with van der Waals surface area (Å²) in [4.78, 5) is 2.89. The molecular weight excluding hydrogens is 328 g/mol. The second-order valence-electron chi connectivity index (χ2n) is 6.59. The largest absolute Gasteiger partial charge is 0.126 e. The Morgan fingerprint density at radius 1 is 0.667 bits per heavy atom. The fraction of sp³-hybridized carbons (Fsp3) is 0.682. The number of benzene rings is 1.